The lowest BCUT2D eigenvalue weighted by atomic mass is 10.0. The van der Waals surface area contributed by atoms with Crippen LogP contribution in [0.15, 0.2) is 88.6 Å². The van der Waals surface area contributed by atoms with Crippen LogP contribution in [0.1, 0.15) is 109 Å². The molecule has 20 nitrogen and oxygen atoms in total. The van der Waals surface area contributed by atoms with Crippen LogP contribution in [0.3, 0.4) is 0 Å². The van der Waals surface area contributed by atoms with Gasteiger partial charge in [0.1, 0.15) is 17.4 Å². The number of nitro groups is 3. The Bertz CT molecular complexity index is 3160. The number of nitrogen functional groups attached to an aromatic ring is 1. The maximum atomic E-state index is 12.5. The molecule has 2 aliphatic carbocycles. The molecular formula is C51H104IN7O13S. The number of esters is 2. The molecule has 0 radical (unpaired) electrons. The number of carbonyl (C=O) groups excluding carboxylic acids is 3. The standard InChI is InChI=1S/C18H20N2O3S.C13H16N2O4.C13H13NO4.C7H8N2O2.HI.23H2/c1-12-5-13-6-15(18(21)17(9-19)10-20(2)3)7-14(13)8-16(12)11-24(4,22)23;1-4-19-13(16)10(3)14-8-11-6-5-9(2)12(7-11)15(17)18;1-3-18-13(15)11-5-9-4-8(2)12(14(16)17)7-10(9)6-11;1-5-2-3-6(8)4-7(5)9(10)11;;;;;;;;;;;;;;;;;;;;;;;;/h5-6,8,10H,7,11H2,1-4H3;5-7H,4,8H2,1-3H3;4-5,7H,3,6H2,1-2H3;2-4H,8H2,1H3;24*1H. The van der Waals surface area contributed by atoms with Crippen molar-refractivity contribution in [2.45, 2.75) is 73.6 Å². The van der Waals surface area contributed by atoms with Crippen molar-refractivity contribution < 1.29 is 79.9 Å². The quantitative estimate of drug-likeness (QED) is 0.0179. The molecule has 73 heavy (non-hydrogen) atoms. The maximum Gasteiger partial charge on any atom is 0.351 e. The molecule has 0 amide bonds. The number of allylic oxidation sites excluding steroid dienone is 2. The third-order valence-corrected chi connectivity index (χ3v) is 11.5. The fourth-order valence-electron chi connectivity index (χ4n) is 7.04. The fraction of sp³-hybridized carbons (Fsp3) is 0.314. The minimum atomic E-state index is -3.12. The largest absolute Gasteiger partial charge is 0.463 e. The SMILES string of the molecule is CCOC(=O)C(C)=NCc1ccc(C)c([N+](=O)[O-])c1.CCOC(=O)C1=Cc2cc(C)c([N+](=O)[O-])cc2C1.Cc1cc2c(cc1CS(C)(=O)=O)CC(C(=O)C(C#N)=CN(C)C)=C2.Cc1ccc(N)cc1[N+](=O)[O-].I.[HH].[HH].[HH].[HH].[HH].[HH].[HH].[HH].[HH].[HH].[HH].[HH].[HH].[HH].[HH].[HH].[HH].[HH].[HH].[HH].[HH].[HH].[HH]. The number of nitriles is 1. The van der Waals surface area contributed by atoms with Crippen LogP contribution in [0.2, 0.25) is 0 Å². The van der Waals surface area contributed by atoms with Gasteiger partial charge in [-0.05, 0) is 112 Å². The Labute approximate surface area is 474 Å². The van der Waals surface area contributed by atoms with E-state index in [1.54, 1.807) is 103 Å². The highest BCUT2D eigenvalue weighted by Crippen LogP contribution is 2.32. The van der Waals surface area contributed by atoms with E-state index in [1.165, 1.54) is 30.7 Å². The number of nitro benzene ring substituents is 3. The first-order chi connectivity index (χ1) is 33.7. The van der Waals surface area contributed by atoms with Crippen LogP contribution in [0.4, 0.5) is 22.7 Å². The highest BCUT2D eigenvalue weighted by atomic mass is 127. The van der Waals surface area contributed by atoms with E-state index in [1.807, 2.05) is 25.1 Å². The van der Waals surface area contributed by atoms with E-state index in [4.69, 9.17) is 15.2 Å². The molecule has 0 saturated heterocycles. The average Bonchev–Trinajstić information content (AvgIpc) is 3.92. The third-order valence-electron chi connectivity index (χ3n) is 10.6. The second-order valence-electron chi connectivity index (χ2n) is 16.8. The molecule has 0 aliphatic heterocycles. The van der Waals surface area contributed by atoms with Crippen LogP contribution in [0, 0.1) is 69.4 Å². The van der Waals surface area contributed by atoms with Crippen LogP contribution in [-0.2, 0) is 58.8 Å². The topological polar surface area (TPSA) is 299 Å². The Balaban J connectivity index is -0.0000000358. The van der Waals surface area contributed by atoms with E-state index in [0.29, 0.717) is 65.1 Å². The Morgan fingerprint density at radius 2 is 1.29 bits per heavy atom. The van der Waals surface area contributed by atoms with Crippen molar-refractivity contribution in [3.8, 4) is 6.07 Å². The van der Waals surface area contributed by atoms with Gasteiger partial charge in [-0.15, -0.1) is 24.0 Å². The molecule has 0 unspecified atom stereocenters. The van der Waals surface area contributed by atoms with Crippen molar-refractivity contribution in [3.63, 3.8) is 0 Å². The monoisotopic (exact) mass is 1180 g/mol. The zero-order chi connectivity index (χ0) is 54.2. The number of aliphatic imine (C=N–C) groups is 1. The summed E-state index contributed by atoms with van der Waals surface area (Å²) in [6, 6.07) is 18.5. The summed E-state index contributed by atoms with van der Waals surface area (Å²) in [6.45, 7) is 12.8. The molecule has 22 heteroatoms. The van der Waals surface area contributed by atoms with Crippen molar-refractivity contribution >= 4 is 92.1 Å². The van der Waals surface area contributed by atoms with Gasteiger partial charge in [0.05, 0.1) is 40.3 Å². The molecule has 434 valence electrons. The molecule has 0 aromatic heterocycles. The minimum Gasteiger partial charge on any atom is -0.463 e. The summed E-state index contributed by atoms with van der Waals surface area (Å²) in [4.78, 5) is 71.8. The molecule has 6 rings (SSSR count). The molecule has 2 aliphatic rings. The highest BCUT2D eigenvalue weighted by molar-refractivity contribution is 14.0. The van der Waals surface area contributed by atoms with Gasteiger partial charge in [0, 0.05) is 124 Å². The second kappa shape index (κ2) is 27.8. The molecule has 0 bridgehead atoms. The molecule has 4 aromatic rings. The summed E-state index contributed by atoms with van der Waals surface area (Å²) in [6.07, 6.45) is 7.05. The number of rotatable bonds is 14. The summed E-state index contributed by atoms with van der Waals surface area (Å²) >= 11 is 0. The lowest BCUT2D eigenvalue weighted by Gasteiger charge is -2.08. The summed E-state index contributed by atoms with van der Waals surface area (Å²) < 4.78 is 32.8. The van der Waals surface area contributed by atoms with Gasteiger partial charge in [-0.1, -0.05) is 30.3 Å². The predicted molar refractivity (Wildman–Crippen MR) is 338 cm³/mol. The van der Waals surface area contributed by atoms with Crippen LogP contribution >= 0.6 is 24.0 Å². The van der Waals surface area contributed by atoms with Gasteiger partial charge in [0.25, 0.3) is 17.1 Å². The van der Waals surface area contributed by atoms with E-state index >= 15 is 0 Å². The zero-order valence-electron chi connectivity index (χ0n) is 42.1. The van der Waals surface area contributed by atoms with Gasteiger partial charge in [-0.25, -0.2) is 18.0 Å². The van der Waals surface area contributed by atoms with Crippen molar-refractivity contribution in [1.29, 1.82) is 5.26 Å². The lowest BCUT2D eigenvalue weighted by molar-refractivity contribution is -0.385. The minimum absolute atomic E-state index is 0. The van der Waals surface area contributed by atoms with Crippen molar-refractivity contribution in [1.82, 2.24) is 4.90 Å². The zero-order valence-corrected chi connectivity index (χ0v) is 45.3. The van der Waals surface area contributed by atoms with E-state index < -0.39 is 30.6 Å². The van der Waals surface area contributed by atoms with E-state index in [0.717, 1.165) is 33.4 Å². The number of hydrogen-bond acceptors (Lipinski definition) is 17. The van der Waals surface area contributed by atoms with Crippen LogP contribution in [-0.4, -0.2) is 85.1 Å². The van der Waals surface area contributed by atoms with Crippen molar-refractivity contribution in [2.24, 2.45) is 4.99 Å². The molecule has 4 aromatic carbocycles. The summed E-state index contributed by atoms with van der Waals surface area (Å²) in [5.41, 5.74) is 15.1. The number of aryl methyl sites for hydroxylation is 4. The molecule has 0 fully saturated rings. The Morgan fingerprint density at radius 1 is 0.781 bits per heavy atom. The maximum absolute atomic E-state index is 12.5. The Kier molecular flexibility index (Phi) is 23.4. The number of hydrogen-bond donors (Lipinski definition) is 1. The number of nitrogens with zero attached hydrogens (tertiary/aromatic N) is 6. The van der Waals surface area contributed by atoms with E-state index in [-0.39, 0.29) is 109 Å². The summed E-state index contributed by atoms with van der Waals surface area (Å²) in [5, 5.41) is 41.1. The normalized spacial score (nSPS) is 12.1. The van der Waals surface area contributed by atoms with Gasteiger partial charge in [0.2, 0.25) is 5.78 Å². The Hall–Kier alpha value is -7.65. The number of ketones is 1. The van der Waals surface area contributed by atoms with Gasteiger partial charge in [-0.3, -0.25) is 40.1 Å². The number of anilines is 1. The molecule has 0 spiro atoms. The second-order valence-corrected chi connectivity index (χ2v) is 18.9. The average molecular weight is 1180 g/mol. The first-order valence-electron chi connectivity index (χ1n) is 22.1. The van der Waals surface area contributed by atoms with Crippen molar-refractivity contribution in [3.05, 3.63) is 170 Å². The van der Waals surface area contributed by atoms with Gasteiger partial charge in [-0.2, -0.15) is 5.26 Å². The first-order valence-corrected chi connectivity index (χ1v) is 24.2. The number of halogens is 1. The lowest BCUT2D eigenvalue weighted by Crippen LogP contribution is -2.14. The summed E-state index contributed by atoms with van der Waals surface area (Å²) in [5.74, 6) is -1.12. The molecular weight excluding hydrogens is 1080 g/mol. The fourth-order valence-corrected chi connectivity index (χ4v) is 7.91. The Morgan fingerprint density at radius 3 is 1.81 bits per heavy atom. The number of Topliss-reactive ketones (excluding diaryl/α,β-unsaturated/α-hetero) is 1. The predicted octanol–water partition coefficient (Wildman–Crippen LogP) is 14.6. The summed E-state index contributed by atoms with van der Waals surface area (Å²) in [7, 11) is 0.387. The molecule has 0 saturated carbocycles. The number of nitrogens with two attached hydrogens (primary N) is 1. The number of sulfone groups is 1. The van der Waals surface area contributed by atoms with Gasteiger partial charge in [0.15, 0.2) is 9.84 Å². The van der Waals surface area contributed by atoms with Gasteiger partial charge < -0.3 is 20.1 Å². The van der Waals surface area contributed by atoms with Crippen LogP contribution in [0.25, 0.3) is 12.2 Å². The van der Waals surface area contributed by atoms with Crippen LogP contribution in [0.5, 0.6) is 0 Å². The molecule has 0 heterocycles. The molecule has 2 N–H and O–H groups in total. The highest BCUT2D eigenvalue weighted by Gasteiger charge is 2.25. The third kappa shape index (κ3) is 18.5. The number of benzene rings is 4. The van der Waals surface area contributed by atoms with Crippen molar-refractivity contribution in [2.75, 3.05) is 39.3 Å². The van der Waals surface area contributed by atoms with E-state index in [9.17, 15) is 58.4 Å². The number of ether oxygens (including phenoxy) is 2. The van der Waals surface area contributed by atoms with Gasteiger partial charge >= 0.3 is 11.9 Å². The van der Waals surface area contributed by atoms with E-state index in [2.05, 4.69) is 4.99 Å². The molecule has 0 atom stereocenters. The first kappa shape index (κ1) is 61.5. The smallest absolute Gasteiger partial charge is 0.351 e. The van der Waals surface area contributed by atoms with Crippen LogP contribution < -0.4 is 5.73 Å². The number of fused-ring (bicyclic) bond motifs is 2. The number of carbonyl (C=O) groups is 3.